The maximum absolute atomic E-state index is 14.7. The number of esters is 1. The van der Waals surface area contributed by atoms with E-state index in [4.69, 9.17) is 14.2 Å². The minimum absolute atomic E-state index is 0.157. The Balaban J connectivity index is 1.49. The molecule has 0 saturated carbocycles. The molecule has 3 heterocycles. The molecule has 49 heavy (non-hydrogen) atoms. The van der Waals surface area contributed by atoms with Gasteiger partial charge in [-0.3, -0.25) is 19.2 Å². The summed E-state index contributed by atoms with van der Waals surface area (Å²) in [5, 5.41) is 13.4. The second-order valence-corrected chi connectivity index (χ2v) is 12.9. The Morgan fingerprint density at radius 2 is 1.86 bits per heavy atom. The molecule has 0 radical (unpaired) electrons. The Bertz CT molecular complexity index is 1530. The van der Waals surface area contributed by atoms with E-state index in [9.17, 15) is 24.3 Å². The number of fused-ring (bicyclic) bond motifs is 1. The number of benzene rings is 2. The number of carbonyl (C=O) groups is 4. The van der Waals surface area contributed by atoms with E-state index in [1.807, 2.05) is 37.3 Å². The van der Waals surface area contributed by atoms with Crippen LogP contribution in [0.4, 0.5) is 5.69 Å². The van der Waals surface area contributed by atoms with E-state index in [0.29, 0.717) is 42.7 Å². The zero-order valence-corrected chi connectivity index (χ0v) is 28.5. The van der Waals surface area contributed by atoms with Gasteiger partial charge in [0.2, 0.25) is 11.8 Å². The zero-order chi connectivity index (χ0) is 35.3. The van der Waals surface area contributed by atoms with Crippen LogP contribution in [0.2, 0.25) is 0 Å². The molecule has 8 atom stereocenters. The van der Waals surface area contributed by atoms with Gasteiger partial charge in [-0.05, 0) is 62.4 Å². The van der Waals surface area contributed by atoms with Gasteiger partial charge in [0.1, 0.15) is 23.5 Å². The van der Waals surface area contributed by atoms with Gasteiger partial charge in [0.15, 0.2) is 0 Å². The van der Waals surface area contributed by atoms with Crippen LogP contribution in [-0.4, -0.2) is 83.8 Å². The molecule has 262 valence electrons. The van der Waals surface area contributed by atoms with Crippen molar-refractivity contribution in [1.82, 2.24) is 10.2 Å². The van der Waals surface area contributed by atoms with Crippen molar-refractivity contribution in [3.63, 3.8) is 0 Å². The van der Waals surface area contributed by atoms with E-state index >= 15 is 0 Å². The average Bonchev–Trinajstić information content (AvgIpc) is 3.77. The van der Waals surface area contributed by atoms with Crippen molar-refractivity contribution in [3.05, 3.63) is 85.5 Å². The summed E-state index contributed by atoms with van der Waals surface area (Å²) in [6.07, 6.45) is 3.75. The van der Waals surface area contributed by atoms with Crippen LogP contribution in [-0.2, 0) is 28.7 Å². The van der Waals surface area contributed by atoms with Crippen LogP contribution >= 0.6 is 0 Å². The number of nitrogens with one attached hydrogen (secondary N) is 1. The predicted octanol–water partition coefficient (Wildman–Crippen LogP) is 4.12. The first kappa shape index (κ1) is 35.8. The summed E-state index contributed by atoms with van der Waals surface area (Å²) in [4.78, 5) is 59.2. The summed E-state index contributed by atoms with van der Waals surface area (Å²) >= 11 is 0. The number of methoxy groups -OCH3 is 1. The van der Waals surface area contributed by atoms with Crippen LogP contribution < -0.4 is 15.0 Å². The Hall–Kier alpha value is -4.48. The molecule has 2 aromatic carbocycles. The molecule has 3 fully saturated rings. The van der Waals surface area contributed by atoms with Crippen LogP contribution in [0.5, 0.6) is 5.75 Å². The van der Waals surface area contributed by atoms with Gasteiger partial charge in [-0.1, -0.05) is 49.4 Å². The quantitative estimate of drug-likeness (QED) is 0.201. The second-order valence-electron chi connectivity index (χ2n) is 12.9. The predicted molar refractivity (Wildman–Crippen MR) is 183 cm³/mol. The van der Waals surface area contributed by atoms with Gasteiger partial charge < -0.3 is 34.4 Å². The molecule has 3 aliphatic heterocycles. The lowest BCUT2D eigenvalue weighted by Crippen LogP contribution is -2.59. The van der Waals surface area contributed by atoms with Crippen molar-refractivity contribution in [3.8, 4) is 5.75 Å². The molecule has 0 aliphatic carbocycles. The van der Waals surface area contributed by atoms with E-state index < -0.39 is 59.6 Å². The number of hydrogen-bond acceptors (Lipinski definition) is 8. The van der Waals surface area contributed by atoms with Crippen LogP contribution in [0.15, 0.2) is 79.9 Å². The number of aliphatic hydroxyl groups is 1. The largest absolute Gasteiger partial charge is 0.497 e. The number of carbonyl (C=O) groups excluding carboxylic acids is 4. The summed E-state index contributed by atoms with van der Waals surface area (Å²) < 4.78 is 18.2. The SMILES string of the molecule is C=CCCC(=O)N[C@H](C)[C@@H](OC(=O)[C@@H]1[C@@H]2CC[C@]3(O2)[C@H](C(=O)N(CC=C)c2ccc(OC)cc2)N([C@@H](CC)CO)C(=O)[C@@H]13)c1ccccc1. The molecular formula is C38H47N3O8. The lowest BCUT2D eigenvalue weighted by Gasteiger charge is -2.39. The molecule has 5 rings (SSSR count). The van der Waals surface area contributed by atoms with Gasteiger partial charge in [-0.25, -0.2) is 0 Å². The summed E-state index contributed by atoms with van der Waals surface area (Å²) in [5.74, 6) is -3.00. The topological polar surface area (TPSA) is 135 Å². The van der Waals surface area contributed by atoms with Gasteiger partial charge in [0.05, 0.1) is 43.7 Å². The van der Waals surface area contributed by atoms with E-state index in [1.165, 1.54) is 4.90 Å². The Kier molecular flexibility index (Phi) is 11.2. The van der Waals surface area contributed by atoms with Crippen molar-refractivity contribution in [2.75, 3.05) is 25.2 Å². The first-order valence-electron chi connectivity index (χ1n) is 17.0. The highest BCUT2D eigenvalue weighted by molar-refractivity contribution is 6.05. The fraction of sp³-hybridized carbons (Fsp3) is 0.474. The number of hydrogen-bond donors (Lipinski definition) is 2. The molecule has 3 saturated heterocycles. The molecule has 2 bridgehead atoms. The van der Waals surface area contributed by atoms with Crippen LogP contribution in [0.1, 0.15) is 57.6 Å². The summed E-state index contributed by atoms with van der Waals surface area (Å²) in [7, 11) is 1.56. The van der Waals surface area contributed by atoms with Crippen molar-refractivity contribution >= 4 is 29.4 Å². The van der Waals surface area contributed by atoms with Gasteiger partial charge in [-0.15, -0.1) is 13.2 Å². The second kappa shape index (κ2) is 15.4. The standard InChI is InChI=1S/C38H47N3O8/c1-6-9-15-30(43)39-24(4)33(25-13-11-10-12-14-25)48-37(46)31-29-20-21-38(49-29)32(31)35(44)41(26(8-3)23-42)34(38)36(45)40(22-7-2)27-16-18-28(47-5)19-17-27/h6-7,10-14,16-19,24,26,29,31-34,42H,1-2,8-9,15,20-23H2,3-5H3,(H,39,43)/t24-,26+,29+,31-,32-,33-,34+,38-/m1/s1. The highest BCUT2D eigenvalue weighted by Gasteiger charge is 2.75. The van der Waals surface area contributed by atoms with Gasteiger partial charge in [0.25, 0.3) is 5.91 Å². The third-order valence-electron chi connectivity index (χ3n) is 10.1. The van der Waals surface area contributed by atoms with E-state index in [2.05, 4.69) is 18.5 Å². The molecule has 0 aromatic heterocycles. The number of nitrogens with zero attached hydrogens (tertiary/aromatic N) is 2. The molecule has 1 spiro atoms. The fourth-order valence-electron chi connectivity index (χ4n) is 7.75. The van der Waals surface area contributed by atoms with Crippen LogP contribution in [0.25, 0.3) is 0 Å². The monoisotopic (exact) mass is 673 g/mol. The zero-order valence-electron chi connectivity index (χ0n) is 28.5. The third-order valence-corrected chi connectivity index (χ3v) is 10.1. The van der Waals surface area contributed by atoms with Gasteiger partial charge in [0, 0.05) is 18.7 Å². The first-order chi connectivity index (χ1) is 23.6. The van der Waals surface area contributed by atoms with Crippen molar-refractivity contribution in [1.29, 1.82) is 0 Å². The summed E-state index contributed by atoms with van der Waals surface area (Å²) in [6, 6.07) is 13.8. The summed E-state index contributed by atoms with van der Waals surface area (Å²) in [6.45, 7) is 10.9. The van der Waals surface area contributed by atoms with E-state index in [0.717, 1.165) is 0 Å². The van der Waals surface area contributed by atoms with Crippen molar-refractivity contribution in [2.24, 2.45) is 11.8 Å². The lowest BCUT2D eigenvalue weighted by molar-refractivity contribution is -0.162. The van der Waals surface area contributed by atoms with E-state index in [1.54, 1.807) is 55.4 Å². The number of anilines is 1. The number of ether oxygens (including phenoxy) is 3. The number of aliphatic hydroxyl groups excluding tert-OH is 1. The lowest BCUT2D eigenvalue weighted by atomic mass is 9.70. The highest BCUT2D eigenvalue weighted by Crippen LogP contribution is 2.59. The Morgan fingerprint density at radius 3 is 2.47 bits per heavy atom. The van der Waals surface area contributed by atoms with E-state index in [-0.39, 0.29) is 31.4 Å². The number of rotatable bonds is 16. The molecular weight excluding hydrogens is 626 g/mol. The number of likely N-dealkylation sites (tertiary alicyclic amines) is 1. The average molecular weight is 674 g/mol. The number of allylic oxidation sites excluding steroid dienone is 1. The Labute approximate surface area is 287 Å². The molecule has 3 amide bonds. The van der Waals surface area contributed by atoms with Crippen LogP contribution in [0, 0.1) is 11.8 Å². The molecule has 0 unspecified atom stereocenters. The smallest absolute Gasteiger partial charge is 0.313 e. The Morgan fingerprint density at radius 1 is 1.14 bits per heavy atom. The first-order valence-corrected chi connectivity index (χ1v) is 17.0. The number of amides is 3. The van der Waals surface area contributed by atoms with Crippen molar-refractivity contribution in [2.45, 2.75) is 81.9 Å². The maximum atomic E-state index is 14.7. The third kappa shape index (κ3) is 6.74. The highest BCUT2D eigenvalue weighted by atomic mass is 16.6. The van der Waals surface area contributed by atoms with Crippen LogP contribution in [0.3, 0.4) is 0 Å². The van der Waals surface area contributed by atoms with Gasteiger partial charge in [-0.2, -0.15) is 0 Å². The fourth-order valence-corrected chi connectivity index (χ4v) is 7.75. The maximum Gasteiger partial charge on any atom is 0.313 e. The molecule has 11 heteroatoms. The minimum Gasteiger partial charge on any atom is -0.497 e. The molecule has 3 aliphatic rings. The molecule has 2 aromatic rings. The van der Waals surface area contributed by atoms with Crippen molar-refractivity contribution < 1.29 is 38.5 Å². The minimum atomic E-state index is -1.30. The molecule has 2 N–H and O–H groups in total. The normalized spacial score (nSPS) is 25.6. The molecule has 11 nitrogen and oxygen atoms in total. The van der Waals surface area contributed by atoms with Gasteiger partial charge >= 0.3 is 5.97 Å². The summed E-state index contributed by atoms with van der Waals surface area (Å²) in [5.41, 5.74) is -0.0400.